The summed E-state index contributed by atoms with van der Waals surface area (Å²) in [6, 6.07) is 0. The maximum atomic E-state index is 5.95. The third kappa shape index (κ3) is 2.34. The lowest BCUT2D eigenvalue weighted by Gasteiger charge is -2.13. The van der Waals surface area contributed by atoms with Gasteiger partial charge < -0.3 is 4.57 Å². The molecular weight excluding hydrogens is 272 g/mol. The number of fused-ring (bicyclic) bond motifs is 1. The summed E-state index contributed by atoms with van der Waals surface area (Å²) in [4.78, 5) is 4.85. The normalized spacial score (nSPS) is 17.0. The lowest BCUT2D eigenvalue weighted by atomic mass is 10.1. The molecule has 1 fully saturated rings. The molecule has 1 aliphatic carbocycles. The molecule has 5 heteroatoms. The van der Waals surface area contributed by atoms with Crippen LogP contribution in [-0.2, 0) is 26.4 Å². The van der Waals surface area contributed by atoms with Gasteiger partial charge in [0.05, 0.1) is 5.69 Å². The highest BCUT2D eigenvalue weighted by atomic mass is 35.5. The molecule has 2 heterocycles. The molecule has 0 N–H and O–H groups in total. The lowest BCUT2D eigenvalue weighted by molar-refractivity contribution is 0.456. The monoisotopic (exact) mass is 294 g/mol. The van der Waals surface area contributed by atoms with Crippen LogP contribution in [0.15, 0.2) is 0 Å². The average Bonchev–Trinajstić information content (AvgIpc) is 2.90. The van der Waals surface area contributed by atoms with Crippen molar-refractivity contribution in [2.45, 2.75) is 52.5 Å². The summed E-state index contributed by atoms with van der Waals surface area (Å²) in [5.74, 6) is 1.74. The average molecular weight is 295 g/mol. The van der Waals surface area contributed by atoms with Crippen molar-refractivity contribution in [2.24, 2.45) is 12.5 Å². The number of hydrogen-bond donors (Lipinski definition) is 0. The molecule has 4 nitrogen and oxygen atoms in total. The van der Waals surface area contributed by atoms with Gasteiger partial charge in [0.1, 0.15) is 11.3 Å². The van der Waals surface area contributed by atoms with Crippen molar-refractivity contribution >= 4 is 22.8 Å². The van der Waals surface area contributed by atoms with Crippen LogP contribution in [0.5, 0.6) is 0 Å². The van der Waals surface area contributed by atoms with Crippen LogP contribution in [0.1, 0.15) is 44.6 Å². The van der Waals surface area contributed by atoms with E-state index in [0.29, 0.717) is 11.3 Å². The number of halogens is 1. The molecule has 0 saturated heterocycles. The van der Waals surface area contributed by atoms with Crippen molar-refractivity contribution in [3.63, 3.8) is 0 Å². The minimum absolute atomic E-state index is 0.448. The molecule has 0 unspecified atom stereocenters. The van der Waals surface area contributed by atoms with Gasteiger partial charge in [-0.3, -0.25) is 4.68 Å². The number of aryl methyl sites for hydroxylation is 3. The van der Waals surface area contributed by atoms with E-state index in [9.17, 15) is 0 Å². The van der Waals surface area contributed by atoms with Crippen molar-refractivity contribution in [1.29, 1.82) is 0 Å². The number of alkyl halides is 1. The third-order valence-corrected chi connectivity index (χ3v) is 4.51. The largest absolute Gasteiger partial charge is 0.312 e. The highest BCUT2D eigenvalue weighted by molar-refractivity contribution is 6.17. The van der Waals surface area contributed by atoms with E-state index in [-0.39, 0.29) is 0 Å². The Balaban J connectivity index is 2.10. The SMILES string of the molecule is CCCc1nn(C)c2c1nc(CCCl)n2CC1(C)CC1. The van der Waals surface area contributed by atoms with Crippen LogP contribution < -0.4 is 0 Å². The second kappa shape index (κ2) is 5.06. The predicted octanol–water partition coefficient (Wildman–Crippen LogP) is 3.30. The fourth-order valence-corrected chi connectivity index (χ4v) is 3.06. The topological polar surface area (TPSA) is 35.6 Å². The number of aromatic nitrogens is 4. The van der Waals surface area contributed by atoms with Crippen molar-refractivity contribution in [1.82, 2.24) is 19.3 Å². The number of rotatable bonds is 6. The van der Waals surface area contributed by atoms with Crippen molar-refractivity contribution < 1.29 is 0 Å². The van der Waals surface area contributed by atoms with Gasteiger partial charge >= 0.3 is 0 Å². The van der Waals surface area contributed by atoms with Gasteiger partial charge in [-0.1, -0.05) is 20.3 Å². The first-order valence-corrected chi connectivity index (χ1v) is 8.08. The molecule has 1 saturated carbocycles. The molecule has 0 radical (unpaired) electrons. The van der Waals surface area contributed by atoms with E-state index in [1.165, 1.54) is 18.5 Å². The molecule has 1 aliphatic rings. The molecule has 0 aliphatic heterocycles. The minimum atomic E-state index is 0.448. The van der Waals surface area contributed by atoms with E-state index in [1.54, 1.807) is 0 Å². The maximum Gasteiger partial charge on any atom is 0.158 e. The minimum Gasteiger partial charge on any atom is -0.312 e. The summed E-state index contributed by atoms with van der Waals surface area (Å²) in [6.45, 7) is 5.58. The Morgan fingerprint density at radius 1 is 1.30 bits per heavy atom. The van der Waals surface area contributed by atoms with Gasteiger partial charge in [-0.25, -0.2) is 4.98 Å². The Morgan fingerprint density at radius 3 is 2.65 bits per heavy atom. The van der Waals surface area contributed by atoms with Gasteiger partial charge in [0.2, 0.25) is 0 Å². The molecule has 0 atom stereocenters. The van der Waals surface area contributed by atoms with E-state index in [2.05, 4.69) is 23.5 Å². The Hall–Kier alpha value is -1.03. The van der Waals surface area contributed by atoms with Crippen LogP contribution in [0.3, 0.4) is 0 Å². The van der Waals surface area contributed by atoms with E-state index in [0.717, 1.165) is 42.8 Å². The summed E-state index contributed by atoms with van der Waals surface area (Å²) in [7, 11) is 2.03. The molecule has 3 rings (SSSR count). The number of imidazole rings is 1. The molecule has 0 bridgehead atoms. The van der Waals surface area contributed by atoms with Crippen molar-refractivity contribution in [3.8, 4) is 0 Å². The Kier molecular flexibility index (Phi) is 3.53. The quantitative estimate of drug-likeness (QED) is 0.766. The summed E-state index contributed by atoms with van der Waals surface area (Å²) in [5, 5.41) is 4.65. The first kappa shape index (κ1) is 13.9. The molecular formula is C15H23ClN4. The number of nitrogens with zero attached hydrogens (tertiary/aromatic N) is 4. The van der Waals surface area contributed by atoms with Gasteiger partial charge in [-0.2, -0.15) is 5.10 Å². The Bertz CT molecular complexity index is 621. The predicted molar refractivity (Wildman–Crippen MR) is 82.3 cm³/mol. The second-order valence-corrected chi connectivity index (χ2v) is 6.73. The zero-order chi connectivity index (χ0) is 14.3. The summed E-state index contributed by atoms with van der Waals surface area (Å²) < 4.78 is 4.35. The first-order chi connectivity index (χ1) is 9.58. The van der Waals surface area contributed by atoms with Crippen molar-refractivity contribution in [2.75, 3.05) is 5.88 Å². The molecule has 0 amide bonds. The van der Waals surface area contributed by atoms with Crippen LogP contribution >= 0.6 is 11.6 Å². The molecule has 0 spiro atoms. The van der Waals surface area contributed by atoms with Crippen molar-refractivity contribution in [3.05, 3.63) is 11.5 Å². The first-order valence-electron chi connectivity index (χ1n) is 7.55. The highest BCUT2D eigenvalue weighted by Gasteiger charge is 2.38. The lowest BCUT2D eigenvalue weighted by Crippen LogP contribution is -2.14. The van der Waals surface area contributed by atoms with Gasteiger partial charge in [0.25, 0.3) is 0 Å². The van der Waals surface area contributed by atoms with Crippen LogP contribution in [0.4, 0.5) is 0 Å². The van der Waals surface area contributed by atoms with Crippen LogP contribution in [-0.4, -0.2) is 25.2 Å². The fraction of sp³-hybridized carbons (Fsp3) is 0.733. The van der Waals surface area contributed by atoms with Crippen LogP contribution in [0.2, 0.25) is 0 Å². The molecule has 2 aromatic heterocycles. The maximum absolute atomic E-state index is 5.95. The van der Waals surface area contributed by atoms with Crippen LogP contribution in [0.25, 0.3) is 11.2 Å². The Morgan fingerprint density at radius 2 is 2.05 bits per heavy atom. The van der Waals surface area contributed by atoms with Gasteiger partial charge in [0, 0.05) is 25.9 Å². The third-order valence-electron chi connectivity index (χ3n) is 4.32. The van der Waals surface area contributed by atoms with E-state index in [4.69, 9.17) is 16.6 Å². The zero-order valence-electron chi connectivity index (χ0n) is 12.6. The Labute approximate surface area is 125 Å². The van der Waals surface area contributed by atoms with E-state index >= 15 is 0 Å². The smallest absolute Gasteiger partial charge is 0.158 e. The second-order valence-electron chi connectivity index (χ2n) is 6.36. The fourth-order valence-electron chi connectivity index (χ4n) is 2.89. The number of hydrogen-bond acceptors (Lipinski definition) is 2. The summed E-state index contributed by atoms with van der Waals surface area (Å²) >= 11 is 5.95. The molecule has 20 heavy (non-hydrogen) atoms. The van der Waals surface area contributed by atoms with Gasteiger partial charge in [-0.05, 0) is 24.7 Å². The molecule has 2 aromatic rings. The standard InChI is InChI=1S/C15H23ClN4/c1-4-5-11-13-14(19(3)18-11)20(10-15(2)7-8-15)12(17-13)6-9-16/h4-10H2,1-3H3. The van der Waals surface area contributed by atoms with Gasteiger partial charge in [-0.15, -0.1) is 11.6 Å². The van der Waals surface area contributed by atoms with Gasteiger partial charge in [0.15, 0.2) is 5.65 Å². The summed E-state index contributed by atoms with van der Waals surface area (Å²) in [6.07, 6.45) is 5.55. The van der Waals surface area contributed by atoms with E-state index < -0.39 is 0 Å². The summed E-state index contributed by atoms with van der Waals surface area (Å²) in [5.41, 5.74) is 3.82. The van der Waals surface area contributed by atoms with E-state index in [1.807, 2.05) is 11.7 Å². The van der Waals surface area contributed by atoms with Crippen LogP contribution in [0, 0.1) is 5.41 Å². The molecule has 0 aromatic carbocycles. The molecule has 110 valence electrons. The zero-order valence-corrected chi connectivity index (χ0v) is 13.4. The highest BCUT2D eigenvalue weighted by Crippen LogP contribution is 2.47.